The third-order valence-electron chi connectivity index (χ3n) is 11.8. The number of carbonyl (C=O) groups is 3. The third-order valence-corrected chi connectivity index (χ3v) is 11.8. The van der Waals surface area contributed by atoms with E-state index in [4.69, 9.17) is 9.47 Å². The van der Waals surface area contributed by atoms with Gasteiger partial charge >= 0.3 is 6.09 Å². The van der Waals surface area contributed by atoms with Crippen LogP contribution in [0.1, 0.15) is 91.5 Å². The number of carbonyl (C=O) groups excluding carboxylic acids is 3. The maximum absolute atomic E-state index is 14.6. The van der Waals surface area contributed by atoms with Crippen LogP contribution in [-0.2, 0) is 20.9 Å². The van der Waals surface area contributed by atoms with Gasteiger partial charge in [0.2, 0.25) is 5.91 Å². The number of hydrogen-bond donors (Lipinski definition) is 1. The highest BCUT2D eigenvalue weighted by atomic mass is 16.6. The maximum atomic E-state index is 14.6. The van der Waals surface area contributed by atoms with Gasteiger partial charge in [-0.15, -0.1) is 0 Å². The average molecular weight is 753 g/mol. The normalized spacial score (nSPS) is 21.3. The number of nitrogens with one attached hydrogen (secondary N) is 1. The van der Waals surface area contributed by atoms with Crippen molar-refractivity contribution in [1.82, 2.24) is 24.9 Å². The van der Waals surface area contributed by atoms with Gasteiger partial charge in [0.1, 0.15) is 11.4 Å². The van der Waals surface area contributed by atoms with E-state index in [1.165, 1.54) is 32.1 Å². The Hall–Kier alpha value is -4.54. The topological polar surface area (TPSA) is 111 Å². The van der Waals surface area contributed by atoms with Crippen molar-refractivity contribution in [2.45, 2.75) is 110 Å². The monoisotopic (exact) mass is 752 g/mol. The summed E-state index contributed by atoms with van der Waals surface area (Å²) >= 11 is 0. The number of anilines is 1. The van der Waals surface area contributed by atoms with E-state index in [1.54, 1.807) is 9.80 Å². The van der Waals surface area contributed by atoms with Gasteiger partial charge in [0.25, 0.3) is 5.91 Å². The molecule has 7 rings (SSSR count). The molecule has 11 heteroatoms. The van der Waals surface area contributed by atoms with Crippen LogP contribution in [0, 0.1) is 17.8 Å². The molecular formula is C44H60N6O5. The molecule has 55 heavy (non-hydrogen) atoms. The molecule has 2 aliphatic carbocycles. The Labute approximate surface area is 326 Å². The first-order valence-corrected chi connectivity index (χ1v) is 20.5. The summed E-state index contributed by atoms with van der Waals surface area (Å²) in [7, 11) is 0. The van der Waals surface area contributed by atoms with Crippen molar-refractivity contribution in [3.05, 3.63) is 66.5 Å². The molecule has 3 aromatic rings. The van der Waals surface area contributed by atoms with Crippen molar-refractivity contribution in [2.24, 2.45) is 17.8 Å². The van der Waals surface area contributed by atoms with Gasteiger partial charge in [0.05, 0.1) is 12.1 Å². The molecule has 2 unspecified atom stereocenters. The summed E-state index contributed by atoms with van der Waals surface area (Å²) in [5.41, 5.74) is 2.66. The first-order chi connectivity index (χ1) is 26.3. The molecule has 4 fully saturated rings. The van der Waals surface area contributed by atoms with Gasteiger partial charge in [0, 0.05) is 75.4 Å². The zero-order chi connectivity index (χ0) is 38.7. The first-order valence-electron chi connectivity index (χ1n) is 20.5. The predicted octanol–water partition coefficient (Wildman–Crippen LogP) is 7.53. The second kappa shape index (κ2) is 16.3. The summed E-state index contributed by atoms with van der Waals surface area (Å²) in [5, 5.41) is 6.97. The molecule has 2 aromatic carbocycles. The Morgan fingerprint density at radius 3 is 2.20 bits per heavy atom. The summed E-state index contributed by atoms with van der Waals surface area (Å²) in [5.74, 6) is 1.78. The Balaban J connectivity index is 1.03. The van der Waals surface area contributed by atoms with E-state index in [0.717, 1.165) is 48.2 Å². The number of ether oxygens (including phenoxy) is 2. The van der Waals surface area contributed by atoms with Gasteiger partial charge in [0.15, 0.2) is 5.60 Å². The van der Waals surface area contributed by atoms with Gasteiger partial charge in [-0.1, -0.05) is 62.4 Å². The molecule has 1 N–H and O–H groups in total. The van der Waals surface area contributed by atoms with E-state index < -0.39 is 11.2 Å². The SMILES string of the molecule is CC(C)(C)OC(=O)N1CCN(C(=O)C(C)(C)Oc2cccc(N3CC(C(=O)N(Cc4ccc(-c5cn[nH]c5)cc4)C4CC4)CC(C4CCCCC4)C3)c2)CC1. The lowest BCUT2D eigenvalue weighted by atomic mass is 9.74. The lowest BCUT2D eigenvalue weighted by Crippen LogP contribution is -2.57. The number of amides is 3. The van der Waals surface area contributed by atoms with Gasteiger partial charge in [-0.05, 0) is 89.0 Å². The van der Waals surface area contributed by atoms with Crippen LogP contribution in [0.2, 0.25) is 0 Å². The number of nitrogens with zero attached hydrogens (tertiary/aromatic N) is 5. The number of hydrogen-bond acceptors (Lipinski definition) is 7. The average Bonchev–Trinajstić information content (AvgIpc) is 3.88. The molecule has 296 valence electrons. The quantitative estimate of drug-likeness (QED) is 0.228. The number of rotatable bonds is 10. The Morgan fingerprint density at radius 1 is 0.836 bits per heavy atom. The highest BCUT2D eigenvalue weighted by molar-refractivity contribution is 5.85. The van der Waals surface area contributed by atoms with Crippen LogP contribution in [0.5, 0.6) is 5.75 Å². The van der Waals surface area contributed by atoms with E-state index in [0.29, 0.717) is 62.9 Å². The minimum atomic E-state index is -1.11. The fraction of sp³-hybridized carbons (Fsp3) is 0.591. The van der Waals surface area contributed by atoms with Crippen molar-refractivity contribution >= 4 is 23.6 Å². The van der Waals surface area contributed by atoms with Gasteiger partial charge in [-0.3, -0.25) is 14.7 Å². The molecule has 0 radical (unpaired) electrons. The molecule has 2 aliphatic heterocycles. The molecule has 3 heterocycles. The van der Waals surface area contributed by atoms with E-state index >= 15 is 0 Å². The smallest absolute Gasteiger partial charge is 0.410 e. The van der Waals surface area contributed by atoms with Gasteiger partial charge in [-0.25, -0.2) is 4.79 Å². The van der Waals surface area contributed by atoms with E-state index in [1.807, 2.05) is 65.2 Å². The number of aromatic amines is 1. The highest BCUT2D eigenvalue weighted by Gasteiger charge is 2.42. The molecule has 3 amide bonds. The van der Waals surface area contributed by atoms with Crippen molar-refractivity contribution in [1.29, 1.82) is 0 Å². The molecule has 4 aliphatic rings. The number of aromatic nitrogens is 2. The van der Waals surface area contributed by atoms with Crippen molar-refractivity contribution in [3.8, 4) is 16.9 Å². The summed E-state index contributed by atoms with van der Waals surface area (Å²) in [6.07, 6.45) is 12.7. The largest absolute Gasteiger partial charge is 0.478 e. The summed E-state index contributed by atoms with van der Waals surface area (Å²) in [6, 6.07) is 16.9. The highest BCUT2D eigenvalue weighted by Crippen LogP contribution is 2.40. The molecule has 2 saturated carbocycles. The number of H-pyrrole nitrogens is 1. The Morgan fingerprint density at radius 2 is 1.55 bits per heavy atom. The van der Waals surface area contributed by atoms with Gasteiger partial charge < -0.3 is 29.1 Å². The van der Waals surface area contributed by atoms with E-state index in [-0.39, 0.29) is 23.8 Å². The molecule has 0 spiro atoms. The van der Waals surface area contributed by atoms with Crippen LogP contribution in [0.25, 0.3) is 11.1 Å². The molecule has 0 bridgehead atoms. The minimum Gasteiger partial charge on any atom is -0.478 e. The van der Waals surface area contributed by atoms with Crippen molar-refractivity contribution in [2.75, 3.05) is 44.2 Å². The number of piperazine rings is 1. The number of piperidine rings is 1. The maximum Gasteiger partial charge on any atom is 0.410 e. The molecule has 2 atom stereocenters. The Kier molecular flexibility index (Phi) is 11.5. The van der Waals surface area contributed by atoms with Gasteiger partial charge in [-0.2, -0.15) is 5.10 Å². The lowest BCUT2D eigenvalue weighted by Gasteiger charge is -2.44. The standard InChI is InChI=1S/C44H60N6O5/c1-43(2,3)55-42(53)48-22-20-47(21-23-48)41(52)44(4,5)54-39-13-9-12-38(25-39)49-29-34(32-10-7-6-8-11-32)24-35(30-49)40(51)50(37-18-19-37)28-31-14-16-33(17-15-31)36-26-45-46-27-36/h9,12-17,25-27,32,34-35,37H,6-8,10-11,18-24,28-30H2,1-5H3,(H,45,46). The summed E-state index contributed by atoms with van der Waals surface area (Å²) in [6.45, 7) is 13.1. The van der Waals surface area contributed by atoms with Crippen LogP contribution < -0.4 is 9.64 Å². The van der Waals surface area contributed by atoms with Crippen LogP contribution >= 0.6 is 0 Å². The fourth-order valence-electron chi connectivity index (χ4n) is 8.77. The second-order valence-corrected chi connectivity index (χ2v) is 17.7. The molecule has 2 saturated heterocycles. The Bertz CT molecular complexity index is 1770. The zero-order valence-electron chi connectivity index (χ0n) is 33.5. The third kappa shape index (κ3) is 9.65. The molecule has 11 nitrogen and oxygen atoms in total. The number of benzene rings is 2. The van der Waals surface area contributed by atoms with E-state index in [9.17, 15) is 14.4 Å². The van der Waals surface area contributed by atoms with Crippen LogP contribution in [-0.4, -0.2) is 99.3 Å². The predicted molar refractivity (Wildman–Crippen MR) is 214 cm³/mol. The second-order valence-electron chi connectivity index (χ2n) is 17.7. The summed E-state index contributed by atoms with van der Waals surface area (Å²) in [4.78, 5) is 49.0. The lowest BCUT2D eigenvalue weighted by molar-refractivity contribution is -0.147. The van der Waals surface area contributed by atoms with E-state index in [2.05, 4.69) is 50.3 Å². The van der Waals surface area contributed by atoms with Crippen molar-refractivity contribution < 1.29 is 23.9 Å². The minimum absolute atomic E-state index is 0.0894. The fourth-order valence-corrected chi connectivity index (χ4v) is 8.77. The van der Waals surface area contributed by atoms with Crippen molar-refractivity contribution in [3.63, 3.8) is 0 Å². The van der Waals surface area contributed by atoms with Crippen LogP contribution in [0.4, 0.5) is 10.5 Å². The molecule has 1 aromatic heterocycles. The van der Waals surface area contributed by atoms with Crippen LogP contribution in [0.15, 0.2) is 60.9 Å². The molecular weight excluding hydrogens is 693 g/mol. The van der Waals surface area contributed by atoms with Crippen LogP contribution in [0.3, 0.4) is 0 Å². The summed E-state index contributed by atoms with van der Waals surface area (Å²) < 4.78 is 12.0. The first kappa shape index (κ1) is 38.7. The zero-order valence-corrected chi connectivity index (χ0v) is 33.5.